The number of aryl methyl sites for hydroxylation is 1. The summed E-state index contributed by atoms with van der Waals surface area (Å²) >= 11 is 13.2. The molecule has 8 nitrogen and oxygen atoms in total. The van der Waals surface area contributed by atoms with Crippen molar-refractivity contribution in [3.8, 4) is 6.07 Å². The van der Waals surface area contributed by atoms with Crippen molar-refractivity contribution in [2.45, 2.75) is 64.1 Å². The molecular weight excluding hydrogens is 627 g/mol. The number of hydrazine groups is 2. The lowest BCUT2D eigenvalue weighted by molar-refractivity contribution is 0.0570. The van der Waals surface area contributed by atoms with Crippen LogP contribution in [0.4, 0.5) is 11.4 Å². The van der Waals surface area contributed by atoms with Gasteiger partial charge in [-0.15, -0.1) is 5.53 Å². The monoisotopic (exact) mass is 668 g/mol. The van der Waals surface area contributed by atoms with E-state index >= 15 is 0 Å². The molecular formula is C37H42Cl2N8. The molecule has 3 aromatic carbocycles. The van der Waals surface area contributed by atoms with E-state index in [1.54, 1.807) is 6.20 Å². The topological polar surface area (TPSA) is 91.3 Å². The second-order valence-electron chi connectivity index (χ2n) is 13.3. The number of anilines is 2. The maximum Gasteiger partial charge on any atom is 0.103 e. The van der Waals surface area contributed by atoms with Crippen LogP contribution in [0.15, 0.2) is 84.8 Å². The van der Waals surface area contributed by atoms with Gasteiger partial charge >= 0.3 is 0 Å². The van der Waals surface area contributed by atoms with E-state index in [1.807, 2.05) is 42.5 Å². The Morgan fingerprint density at radius 2 is 1.79 bits per heavy atom. The molecule has 0 radical (unpaired) electrons. The summed E-state index contributed by atoms with van der Waals surface area (Å²) in [4.78, 5) is 7.11. The summed E-state index contributed by atoms with van der Waals surface area (Å²) in [5, 5.41) is 21.4. The Balaban J connectivity index is 1.26. The van der Waals surface area contributed by atoms with E-state index in [2.05, 4.69) is 93.8 Å². The molecule has 244 valence electrons. The zero-order valence-corrected chi connectivity index (χ0v) is 28.7. The fourth-order valence-corrected chi connectivity index (χ4v) is 6.83. The van der Waals surface area contributed by atoms with E-state index in [9.17, 15) is 5.26 Å². The van der Waals surface area contributed by atoms with Gasteiger partial charge in [-0.3, -0.25) is 14.9 Å². The molecule has 1 saturated heterocycles. The Hall–Kier alpha value is -4.00. The van der Waals surface area contributed by atoms with E-state index < -0.39 is 0 Å². The molecule has 3 heterocycles. The molecule has 1 fully saturated rings. The number of halogens is 2. The number of pyridine rings is 1. The minimum atomic E-state index is -0.234. The normalized spacial score (nSPS) is 16.4. The van der Waals surface area contributed by atoms with Gasteiger partial charge in [0, 0.05) is 59.7 Å². The van der Waals surface area contributed by atoms with Gasteiger partial charge in [0.25, 0.3) is 0 Å². The first-order valence-electron chi connectivity index (χ1n) is 16.3. The number of fused-ring (bicyclic) bond motifs is 1. The predicted octanol–water partition coefficient (Wildman–Crippen LogP) is 8.04. The van der Waals surface area contributed by atoms with E-state index in [4.69, 9.17) is 23.2 Å². The summed E-state index contributed by atoms with van der Waals surface area (Å²) in [6, 6.07) is 24.7. The summed E-state index contributed by atoms with van der Waals surface area (Å²) < 4.78 is 0. The highest BCUT2D eigenvalue weighted by molar-refractivity contribution is 6.36. The molecule has 2 aliphatic heterocycles. The number of piperidine rings is 1. The fourth-order valence-electron chi connectivity index (χ4n) is 6.43. The molecule has 0 saturated carbocycles. The van der Waals surface area contributed by atoms with Crippen molar-refractivity contribution in [3.63, 3.8) is 0 Å². The Bertz CT molecular complexity index is 1750. The Labute approximate surface area is 287 Å². The summed E-state index contributed by atoms with van der Waals surface area (Å²) in [6.07, 6.45) is 7.77. The van der Waals surface area contributed by atoms with Crippen molar-refractivity contribution in [2.24, 2.45) is 0 Å². The molecule has 6 rings (SSSR count). The average Bonchev–Trinajstić information content (AvgIpc) is 3.56. The zero-order chi connectivity index (χ0) is 33.0. The predicted molar refractivity (Wildman–Crippen MR) is 193 cm³/mol. The van der Waals surface area contributed by atoms with Crippen LogP contribution in [0.2, 0.25) is 10.0 Å². The largest absolute Gasteiger partial charge is 0.383 e. The molecule has 2 aliphatic rings. The molecule has 0 amide bonds. The summed E-state index contributed by atoms with van der Waals surface area (Å²) in [5.74, 6) is 0. The zero-order valence-electron chi connectivity index (χ0n) is 27.2. The number of nitrogens with zero attached hydrogens (tertiary/aromatic N) is 4. The van der Waals surface area contributed by atoms with Gasteiger partial charge in [0.1, 0.15) is 6.07 Å². The number of likely N-dealkylation sites (tertiary alicyclic amines) is 1. The molecule has 0 spiro atoms. The highest BCUT2D eigenvalue weighted by atomic mass is 35.5. The van der Waals surface area contributed by atoms with Gasteiger partial charge in [-0.2, -0.15) is 5.26 Å². The number of benzene rings is 3. The van der Waals surface area contributed by atoms with E-state index in [1.165, 1.54) is 5.56 Å². The molecule has 0 bridgehead atoms. The first-order valence-corrected chi connectivity index (χ1v) is 17.0. The van der Waals surface area contributed by atoms with Crippen molar-refractivity contribution in [1.29, 1.82) is 5.26 Å². The van der Waals surface area contributed by atoms with Gasteiger partial charge in [0.05, 0.1) is 33.5 Å². The third-order valence-corrected chi connectivity index (χ3v) is 9.61. The molecule has 4 aromatic rings. The number of hydrogen-bond donors (Lipinski definition) is 4. The fraction of sp³-hybridized carbons (Fsp3) is 0.351. The Kier molecular flexibility index (Phi) is 10.1. The lowest BCUT2D eigenvalue weighted by Crippen LogP contribution is -2.52. The smallest absolute Gasteiger partial charge is 0.103 e. The molecule has 4 N–H and O–H groups in total. The minimum absolute atomic E-state index is 0.175. The van der Waals surface area contributed by atoms with Crippen LogP contribution in [0.1, 0.15) is 62.8 Å². The second-order valence-corrected chi connectivity index (χ2v) is 14.1. The van der Waals surface area contributed by atoms with Crippen molar-refractivity contribution < 1.29 is 0 Å². The van der Waals surface area contributed by atoms with Crippen LogP contribution in [-0.2, 0) is 6.42 Å². The third kappa shape index (κ3) is 7.77. The maximum atomic E-state index is 9.98. The third-order valence-electron chi connectivity index (χ3n) is 9.07. The molecule has 1 atom stereocenters. The highest BCUT2D eigenvalue weighted by Gasteiger charge is 2.32. The lowest BCUT2D eigenvalue weighted by Gasteiger charge is -2.42. The number of rotatable bonds is 10. The quantitative estimate of drug-likeness (QED) is 0.126. The number of aromatic nitrogens is 1. The van der Waals surface area contributed by atoms with Crippen molar-refractivity contribution in [1.82, 2.24) is 25.9 Å². The van der Waals surface area contributed by atoms with E-state index in [0.717, 1.165) is 66.8 Å². The second kappa shape index (κ2) is 14.4. The Morgan fingerprint density at radius 1 is 1.04 bits per heavy atom. The summed E-state index contributed by atoms with van der Waals surface area (Å²) in [5.41, 5.74) is 13.0. The molecule has 0 unspecified atom stereocenters. The van der Waals surface area contributed by atoms with Gasteiger partial charge in [0.15, 0.2) is 0 Å². The Morgan fingerprint density at radius 3 is 2.49 bits per heavy atom. The van der Waals surface area contributed by atoms with Gasteiger partial charge in [-0.25, -0.2) is 0 Å². The van der Waals surface area contributed by atoms with E-state index in [-0.39, 0.29) is 11.6 Å². The molecule has 0 aliphatic carbocycles. The summed E-state index contributed by atoms with van der Waals surface area (Å²) in [7, 11) is 0. The van der Waals surface area contributed by atoms with Crippen LogP contribution in [0.3, 0.4) is 0 Å². The highest BCUT2D eigenvalue weighted by Crippen LogP contribution is 2.36. The number of nitriles is 1. The van der Waals surface area contributed by atoms with Crippen LogP contribution in [0.25, 0.3) is 10.9 Å². The van der Waals surface area contributed by atoms with Crippen LogP contribution in [0.5, 0.6) is 0 Å². The van der Waals surface area contributed by atoms with Gasteiger partial charge in [0.2, 0.25) is 0 Å². The van der Waals surface area contributed by atoms with Gasteiger partial charge in [-0.1, -0.05) is 65.7 Å². The molecule has 10 heteroatoms. The first-order chi connectivity index (χ1) is 22.7. The first kappa shape index (κ1) is 32.9. The lowest BCUT2D eigenvalue weighted by atomic mass is 9.98. The summed E-state index contributed by atoms with van der Waals surface area (Å²) in [6.45, 7) is 9.68. The maximum absolute atomic E-state index is 9.98. The SMILES string of the molecule is CC(C)(C)N1CCC(N2C=C([C@@H](Nc3cc(Cl)c4ncc(C#N)c(NCCCc5ccccc5)c4c3)c3ccc(Cl)cc3)NN2)CC1. The molecule has 47 heavy (non-hydrogen) atoms. The van der Waals surface area contributed by atoms with Crippen molar-refractivity contribution in [3.05, 3.63) is 112 Å². The van der Waals surface area contributed by atoms with Crippen LogP contribution in [-0.4, -0.2) is 46.1 Å². The van der Waals surface area contributed by atoms with Crippen LogP contribution < -0.4 is 21.6 Å². The van der Waals surface area contributed by atoms with Gasteiger partial charge in [-0.05, 0) is 81.8 Å². The van der Waals surface area contributed by atoms with Crippen molar-refractivity contribution in [2.75, 3.05) is 30.3 Å². The standard InChI is InChI=1S/C37H42Cl2N8/c1-37(2,3)46-18-15-30(16-19-46)47-24-33(44-45-47)35(26-11-13-28(38)14-12-26)43-29-20-31-34(27(22-40)23-42-36(31)32(39)21-29)41-17-7-10-25-8-5-4-6-9-25/h4-6,8-9,11-14,20-21,23-24,30,35,43-45H,7,10,15-19H2,1-3H3,(H,41,42)/t35-/m0/s1. The van der Waals surface area contributed by atoms with Crippen LogP contribution in [0, 0.1) is 11.3 Å². The number of nitrogens with one attached hydrogen (secondary N) is 4. The van der Waals surface area contributed by atoms with Gasteiger partial charge < -0.3 is 16.1 Å². The number of hydrogen-bond acceptors (Lipinski definition) is 8. The van der Waals surface area contributed by atoms with Crippen molar-refractivity contribution >= 4 is 45.5 Å². The van der Waals surface area contributed by atoms with Crippen LogP contribution >= 0.6 is 23.2 Å². The molecule has 1 aromatic heterocycles. The van der Waals surface area contributed by atoms with E-state index in [0.29, 0.717) is 33.7 Å². The minimum Gasteiger partial charge on any atom is -0.383 e. The average molecular weight is 670 g/mol.